The molecule has 0 saturated heterocycles. The van der Waals surface area contributed by atoms with Gasteiger partial charge >= 0.3 is 0 Å². The Labute approximate surface area is 74.1 Å². The van der Waals surface area contributed by atoms with Gasteiger partial charge in [0.05, 0.1) is 5.92 Å². The Balaban J connectivity index is 2.52. The number of hydrogen-bond acceptors (Lipinski definition) is 0. The van der Waals surface area contributed by atoms with E-state index in [0.29, 0.717) is 5.92 Å². The second-order valence-corrected chi connectivity index (χ2v) is 3.94. The van der Waals surface area contributed by atoms with Gasteiger partial charge in [-0.05, 0) is 24.4 Å². The molecule has 0 aromatic carbocycles. The van der Waals surface area contributed by atoms with Crippen molar-refractivity contribution in [3.63, 3.8) is 0 Å². The summed E-state index contributed by atoms with van der Waals surface area (Å²) in [6.07, 6.45) is 6.69. The van der Waals surface area contributed by atoms with Crippen molar-refractivity contribution in [1.29, 1.82) is 0 Å². The average molecular weight is 175 g/mol. The molecule has 1 aliphatic carbocycles. The zero-order valence-corrected chi connectivity index (χ0v) is 8.19. The minimum atomic E-state index is 0.653. The van der Waals surface area contributed by atoms with Crippen LogP contribution in [0, 0.1) is 5.92 Å². The lowest BCUT2D eigenvalue weighted by Gasteiger charge is -2.17. The molecule has 1 saturated carbocycles. The van der Waals surface area contributed by atoms with Crippen LogP contribution in [-0.2, 0) is 0 Å². The van der Waals surface area contributed by atoms with Crippen LogP contribution in [-0.4, -0.2) is 23.8 Å². The molecule has 2 heteroatoms. The fourth-order valence-electron chi connectivity index (χ4n) is 1.71. The Hall–Kier alpha value is -0.0400. The van der Waals surface area contributed by atoms with Gasteiger partial charge in [0.25, 0.3) is 0 Å². The Bertz CT molecular complexity index is 153. The average Bonchev–Trinajstić information content (AvgIpc) is 2.05. The topological polar surface area (TPSA) is 3.01 Å². The standard InChI is InChI=1S/C9H17ClN/c1-11(2)9(10)8-6-4-3-5-7-8/h8H,3-7H2,1-2H3/q+1. The molecule has 0 heterocycles. The van der Waals surface area contributed by atoms with E-state index in [1.165, 1.54) is 32.1 Å². The molecule has 0 N–H and O–H groups in total. The summed E-state index contributed by atoms with van der Waals surface area (Å²) in [5, 5.41) is 1.05. The lowest BCUT2D eigenvalue weighted by Crippen LogP contribution is -2.20. The predicted octanol–water partition coefficient (Wildman–Crippen LogP) is 2.48. The SMILES string of the molecule is C[N+](C)=C(Cl)C1CCCCC1. The number of hydrogen-bond donors (Lipinski definition) is 0. The molecule has 0 aliphatic heterocycles. The molecule has 0 bridgehead atoms. The molecule has 1 rings (SSSR count). The van der Waals surface area contributed by atoms with E-state index in [2.05, 4.69) is 0 Å². The highest BCUT2D eigenvalue weighted by molar-refractivity contribution is 6.64. The first-order valence-electron chi connectivity index (χ1n) is 4.41. The molecule has 0 spiro atoms. The highest BCUT2D eigenvalue weighted by Crippen LogP contribution is 2.25. The Morgan fingerprint density at radius 3 is 2.18 bits per heavy atom. The summed E-state index contributed by atoms with van der Waals surface area (Å²) in [5.74, 6) is 0.653. The van der Waals surface area contributed by atoms with Crippen LogP contribution in [0.25, 0.3) is 0 Å². The van der Waals surface area contributed by atoms with Crippen LogP contribution < -0.4 is 0 Å². The van der Waals surface area contributed by atoms with Crippen LogP contribution in [0.15, 0.2) is 0 Å². The van der Waals surface area contributed by atoms with E-state index < -0.39 is 0 Å². The van der Waals surface area contributed by atoms with Gasteiger partial charge < -0.3 is 0 Å². The number of nitrogens with zero attached hydrogens (tertiary/aromatic N) is 1. The summed E-state index contributed by atoms with van der Waals surface area (Å²) in [6.45, 7) is 0. The maximum absolute atomic E-state index is 6.14. The predicted molar refractivity (Wildman–Crippen MR) is 49.5 cm³/mol. The minimum absolute atomic E-state index is 0.653. The van der Waals surface area contributed by atoms with Gasteiger partial charge in [0.2, 0.25) is 5.17 Å². The summed E-state index contributed by atoms with van der Waals surface area (Å²) in [5.41, 5.74) is 0. The van der Waals surface area contributed by atoms with Gasteiger partial charge in [-0.2, -0.15) is 0 Å². The van der Waals surface area contributed by atoms with Crippen LogP contribution in [0.4, 0.5) is 0 Å². The maximum atomic E-state index is 6.14. The highest BCUT2D eigenvalue weighted by atomic mass is 35.5. The molecule has 11 heavy (non-hydrogen) atoms. The molecule has 1 nitrogen and oxygen atoms in total. The van der Waals surface area contributed by atoms with Gasteiger partial charge in [-0.3, -0.25) is 0 Å². The van der Waals surface area contributed by atoms with Crippen LogP contribution in [0.3, 0.4) is 0 Å². The Morgan fingerprint density at radius 2 is 1.73 bits per heavy atom. The van der Waals surface area contributed by atoms with Crippen LogP contribution >= 0.6 is 11.6 Å². The number of rotatable bonds is 1. The molecule has 0 amide bonds. The number of halogens is 1. The quantitative estimate of drug-likeness (QED) is 0.425. The second-order valence-electron chi connectivity index (χ2n) is 3.55. The van der Waals surface area contributed by atoms with E-state index in [4.69, 9.17) is 11.6 Å². The van der Waals surface area contributed by atoms with Gasteiger partial charge in [-0.25, -0.2) is 4.58 Å². The molecule has 0 unspecified atom stereocenters. The Morgan fingerprint density at radius 1 is 1.18 bits per heavy atom. The van der Waals surface area contributed by atoms with Crippen LogP contribution in [0.5, 0.6) is 0 Å². The summed E-state index contributed by atoms with van der Waals surface area (Å²) in [6, 6.07) is 0. The zero-order chi connectivity index (χ0) is 8.27. The third-order valence-electron chi connectivity index (χ3n) is 2.37. The first-order chi connectivity index (χ1) is 5.22. The third kappa shape index (κ3) is 2.48. The molecular formula is C9H17ClN+. The Kier molecular flexibility index (Phi) is 3.38. The first-order valence-corrected chi connectivity index (χ1v) is 4.79. The van der Waals surface area contributed by atoms with Crippen molar-refractivity contribution in [3.05, 3.63) is 0 Å². The van der Waals surface area contributed by atoms with Gasteiger partial charge in [0, 0.05) is 0 Å². The second kappa shape index (κ2) is 4.10. The van der Waals surface area contributed by atoms with Gasteiger partial charge in [0.15, 0.2) is 0 Å². The van der Waals surface area contributed by atoms with Crippen molar-refractivity contribution in [3.8, 4) is 0 Å². The first kappa shape index (κ1) is 9.05. The lowest BCUT2D eigenvalue weighted by atomic mass is 9.90. The van der Waals surface area contributed by atoms with E-state index in [9.17, 15) is 0 Å². The smallest absolute Gasteiger partial charge is 0.229 e. The summed E-state index contributed by atoms with van der Waals surface area (Å²) in [4.78, 5) is 0. The fourth-order valence-corrected chi connectivity index (χ4v) is 1.92. The minimum Gasteiger partial charge on any atom is -0.229 e. The summed E-state index contributed by atoms with van der Waals surface area (Å²) >= 11 is 6.14. The van der Waals surface area contributed by atoms with Crippen LogP contribution in [0.2, 0.25) is 0 Å². The summed E-state index contributed by atoms with van der Waals surface area (Å²) in [7, 11) is 4.05. The van der Waals surface area contributed by atoms with E-state index >= 15 is 0 Å². The van der Waals surface area contributed by atoms with Gasteiger partial charge in [0.1, 0.15) is 14.1 Å². The van der Waals surface area contributed by atoms with Crippen molar-refractivity contribution < 1.29 is 4.58 Å². The van der Waals surface area contributed by atoms with Gasteiger partial charge in [-0.1, -0.05) is 19.3 Å². The molecular weight excluding hydrogens is 158 g/mol. The fraction of sp³-hybridized carbons (Fsp3) is 0.889. The monoisotopic (exact) mass is 174 g/mol. The zero-order valence-electron chi connectivity index (χ0n) is 7.44. The largest absolute Gasteiger partial charge is 0.247 e. The van der Waals surface area contributed by atoms with Crippen LogP contribution in [0.1, 0.15) is 32.1 Å². The van der Waals surface area contributed by atoms with Crippen molar-refractivity contribution in [2.24, 2.45) is 5.92 Å². The molecule has 0 radical (unpaired) electrons. The van der Waals surface area contributed by atoms with Crippen molar-refractivity contribution in [1.82, 2.24) is 0 Å². The normalized spacial score (nSPS) is 19.9. The molecule has 0 atom stereocenters. The van der Waals surface area contributed by atoms with Crippen molar-refractivity contribution in [2.75, 3.05) is 14.1 Å². The molecule has 1 fully saturated rings. The molecule has 0 aromatic rings. The maximum Gasteiger partial charge on any atom is 0.247 e. The molecule has 0 aromatic heterocycles. The van der Waals surface area contributed by atoms with E-state index in [1.807, 2.05) is 18.7 Å². The molecule has 1 aliphatic rings. The van der Waals surface area contributed by atoms with Gasteiger partial charge in [-0.15, -0.1) is 0 Å². The summed E-state index contributed by atoms with van der Waals surface area (Å²) < 4.78 is 2.04. The molecule has 64 valence electrons. The van der Waals surface area contributed by atoms with E-state index in [-0.39, 0.29) is 0 Å². The highest BCUT2D eigenvalue weighted by Gasteiger charge is 2.22. The van der Waals surface area contributed by atoms with E-state index in [1.54, 1.807) is 0 Å². The van der Waals surface area contributed by atoms with E-state index in [0.717, 1.165) is 5.17 Å². The van der Waals surface area contributed by atoms with Crippen molar-refractivity contribution >= 4 is 16.8 Å². The third-order valence-corrected chi connectivity index (χ3v) is 3.02. The lowest BCUT2D eigenvalue weighted by molar-refractivity contribution is -0.464. The van der Waals surface area contributed by atoms with Crippen molar-refractivity contribution in [2.45, 2.75) is 32.1 Å².